The molecule has 1 aliphatic heterocycles. The van der Waals surface area contributed by atoms with E-state index in [4.69, 9.17) is 11.5 Å². The summed E-state index contributed by atoms with van der Waals surface area (Å²) < 4.78 is 0. The van der Waals surface area contributed by atoms with Crippen LogP contribution in [-0.4, -0.2) is 88.8 Å². The largest absolute Gasteiger partial charge is 0.508 e. The van der Waals surface area contributed by atoms with Crippen molar-refractivity contribution in [2.45, 2.75) is 69.1 Å². The van der Waals surface area contributed by atoms with Crippen LogP contribution in [-0.2, 0) is 36.8 Å². The number of aldehydes is 1. The standard InChI is InChI=1S/C31H42N6O7/c32-14-2-1-4-24(33)31(44)37-16-3-5-27(37)30(43)36-26(19-21-8-12-23(40)13-9-21)29(42)35-25(28(41)34-15-17-38)18-20-6-10-22(39)11-7-20/h6-13,17,24-27,39-40H,1-5,14-16,18-19,32-33H2,(H,34,41)(H,35,42)(H,36,43)/t24-,25-,26-,27+/m0/s1. The molecule has 1 saturated heterocycles. The molecule has 4 atom stereocenters. The maximum atomic E-state index is 13.7. The van der Waals surface area contributed by atoms with Gasteiger partial charge in [-0.3, -0.25) is 19.2 Å². The van der Waals surface area contributed by atoms with E-state index in [-0.39, 0.29) is 36.8 Å². The third-order valence-electron chi connectivity index (χ3n) is 7.50. The topological polar surface area (TPSA) is 217 Å². The number of phenols is 2. The van der Waals surface area contributed by atoms with E-state index in [0.717, 1.165) is 6.42 Å². The summed E-state index contributed by atoms with van der Waals surface area (Å²) in [6, 6.07) is 8.38. The van der Waals surface area contributed by atoms with Crippen molar-refractivity contribution < 1.29 is 34.2 Å². The van der Waals surface area contributed by atoms with Crippen LogP contribution in [0.4, 0.5) is 0 Å². The zero-order chi connectivity index (χ0) is 32.1. The number of phenolic OH excluding ortho intramolecular Hbond substituents is 2. The number of nitrogens with one attached hydrogen (secondary N) is 3. The Morgan fingerprint density at radius 1 is 0.886 bits per heavy atom. The van der Waals surface area contributed by atoms with Gasteiger partial charge in [-0.05, 0) is 67.6 Å². The fourth-order valence-electron chi connectivity index (χ4n) is 5.11. The van der Waals surface area contributed by atoms with Crippen LogP contribution in [0.2, 0.25) is 0 Å². The zero-order valence-corrected chi connectivity index (χ0v) is 24.6. The number of hydrogen-bond acceptors (Lipinski definition) is 9. The second kappa shape index (κ2) is 17.0. The Kier molecular flexibility index (Phi) is 13.1. The lowest BCUT2D eigenvalue weighted by molar-refractivity contribution is -0.140. The molecule has 0 bridgehead atoms. The molecule has 1 aliphatic rings. The van der Waals surface area contributed by atoms with Crippen LogP contribution >= 0.6 is 0 Å². The van der Waals surface area contributed by atoms with Crippen LogP contribution in [0.25, 0.3) is 0 Å². The minimum atomic E-state index is -1.15. The van der Waals surface area contributed by atoms with Crippen molar-refractivity contribution in [2.24, 2.45) is 11.5 Å². The van der Waals surface area contributed by atoms with Gasteiger partial charge in [-0.25, -0.2) is 0 Å². The van der Waals surface area contributed by atoms with Crippen molar-refractivity contribution in [3.63, 3.8) is 0 Å². The average Bonchev–Trinajstić information content (AvgIpc) is 3.51. The predicted octanol–water partition coefficient (Wildman–Crippen LogP) is -0.385. The summed E-state index contributed by atoms with van der Waals surface area (Å²) in [5.41, 5.74) is 12.9. The molecule has 0 radical (unpaired) electrons. The van der Waals surface area contributed by atoms with Gasteiger partial charge in [-0.2, -0.15) is 0 Å². The number of rotatable bonds is 16. The molecule has 4 amide bonds. The Morgan fingerprint density at radius 2 is 1.45 bits per heavy atom. The molecular weight excluding hydrogens is 568 g/mol. The highest BCUT2D eigenvalue weighted by atomic mass is 16.3. The summed E-state index contributed by atoms with van der Waals surface area (Å²) in [6.45, 7) is 0.602. The molecule has 44 heavy (non-hydrogen) atoms. The van der Waals surface area contributed by atoms with E-state index in [2.05, 4.69) is 16.0 Å². The Morgan fingerprint density at radius 3 is 2.00 bits per heavy atom. The third-order valence-corrected chi connectivity index (χ3v) is 7.50. The van der Waals surface area contributed by atoms with Gasteiger partial charge in [0.05, 0.1) is 12.6 Å². The number of aromatic hydroxyl groups is 2. The first-order valence-electron chi connectivity index (χ1n) is 14.8. The van der Waals surface area contributed by atoms with Gasteiger partial charge in [-0.1, -0.05) is 30.7 Å². The van der Waals surface area contributed by atoms with Gasteiger partial charge in [-0.15, -0.1) is 0 Å². The summed E-state index contributed by atoms with van der Waals surface area (Å²) in [7, 11) is 0. The first-order chi connectivity index (χ1) is 21.1. The summed E-state index contributed by atoms with van der Waals surface area (Å²) in [4.78, 5) is 65.6. The van der Waals surface area contributed by atoms with Crippen molar-refractivity contribution >= 4 is 29.9 Å². The minimum Gasteiger partial charge on any atom is -0.508 e. The first kappa shape index (κ1) is 34.0. The maximum absolute atomic E-state index is 13.7. The molecule has 0 unspecified atom stereocenters. The van der Waals surface area contributed by atoms with Crippen molar-refractivity contribution in [3.05, 3.63) is 59.7 Å². The zero-order valence-electron chi connectivity index (χ0n) is 24.6. The molecular formula is C31H42N6O7. The lowest BCUT2D eigenvalue weighted by Gasteiger charge is -2.29. The third kappa shape index (κ3) is 10.1. The number of nitrogens with zero attached hydrogens (tertiary/aromatic N) is 1. The van der Waals surface area contributed by atoms with Crippen molar-refractivity contribution in [2.75, 3.05) is 19.6 Å². The highest BCUT2D eigenvalue weighted by molar-refractivity contribution is 5.95. The van der Waals surface area contributed by atoms with E-state index in [0.29, 0.717) is 56.2 Å². The van der Waals surface area contributed by atoms with E-state index >= 15 is 0 Å². The molecule has 238 valence electrons. The summed E-state index contributed by atoms with van der Waals surface area (Å²) in [5, 5.41) is 27.2. The van der Waals surface area contributed by atoms with Crippen LogP contribution in [0.1, 0.15) is 43.2 Å². The summed E-state index contributed by atoms with van der Waals surface area (Å²) in [5.74, 6) is -2.06. The molecule has 13 nitrogen and oxygen atoms in total. The first-order valence-corrected chi connectivity index (χ1v) is 14.8. The monoisotopic (exact) mass is 610 g/mol. The number of hydrogen-bond donors (Lipinski definition) is 7. The molecule has 0 aromatic heterocycles. The lowest BCUT2D eigenvalue weighted by atomic mass is 10.0. The van der Waals surface area contributed by atoms with Gasteiger partial charge in [0.1, 0.15) is 35.9 Å². The summed E-state index contributed by atoms with van der Waals surface area (Å²) in [6.07, 6.45) is 3.46. The minimum absolute atomic E-state index is 0.0268. The molecule has 13 heteroatoms. The highest BCUT2D eigenvalue weighted by Crippen LogP contribution is 2.20. The Labute approximate surface area is 256 Å². The van der Waals surface area contributed by atoms with E-state index in [1.165, 1.54) is 29.2 Å². The molecule has 2 aromatic rings. The summed E-state index contributed by atoms with van der Waals surface area (Å²) >= 11 is 0. The maximum Gasteiger partial charge on any atom is 0.243 e. The molecule has 9 N–H and O–H groups in total. The number of unbranched alkanes of at least 4 members (excludes halogenated alkanes) is 1. The van der Waals surface area contributed by atoms with Crippen LogP contribution in [0, 0.1) is 0 Å². The van der Waals surface area contributed by atoms with Gasteiger partial charge < -0.3 is 47.3 Å². The van der Waals surface area contributed by atoms with E-state index in [9.17, 15) is 34.2 Å². The smallest absolute Gasteiger partial charge is 0.243 e. The Hall–Kier alpha value is -4.49. The van der Waals surface area contributed by atoms with Crippen LogP contribution in [0.15, 0.2) is 48.5 Å². The fourth-order valence-corrected chi connectivity index (χ4v) is 5.11. The average molecular weight is 611 g/mol. The van der Waals surface area contributed by atoms with Gasteiger partial charge in [0, 0.05) is 19.4 Å². The van der Waals surface area contributed by atoms with Crippen LogP contribution in [0.5, 0.6) is 11.5 Å². The second-order valence-electron chi connectivity index (χ2n) is 10.9. The lowest BCUT2D eigenvalue weighted by Crippen LogP contribution is -2.58. The molecule has 3 rings (SSSR count). The van der Waals surface area contributed by atoms with Crippen molar-refractivity contribution in [3.8, 4) is 11.5 Å². The predicted molar refractivity (Wildman–Crippen MR) is 162 cm³/mol. The number of carbonyl (C=O) groups excluding carboxylic acids is 5. The number of benzene rings is 2. The van der Waals surface area contributed by atoms with Crippen molar-refractivity contribution in [1.29, 1.82) is 0 Å². The van der Waals surface area contributed by atoms with Crippen molar-refractivity contribution in [1.82, 2.24) is 20.9 Å². The molecule has 1 fully saturated rings. The van der Waals surface area contributed by atoms with Gasteiger partial charge in [0.15, 0.2) is 0 Å². The number of nitrogens with two attached hydrogens (primary N) is 2. The van der Waals surface area contributed by atoms with Crippen LogP contribution in [0.3, 0.4) is 0 Å². The van der Waals surface area contributed by atoms with E-state index in [1.807, 2.05) is 0 Å². The van der Waals surface area contributed by atoms with E-state index < -0.39 is 41.9 Å². The SMILES string of the molecule is NCCCC[C@H](N)C(=O)N1CCC[C@@H]1C(=O)N[C@@H](Cc1ccc(O)cc1)C(=O)N[C@@H](Cc1ccc(O)cc1)C(=O)NCC=O. The second-order valence-corrected chi connectivity index (χ2v) is 10.9. The van der Waals surface area contributed by atoms with Gasteiger partial charge >= 0.3 is 0 Å². The normalized spacial score (nSPS) is 16.4. The number of likely N-dealkylation sites (tertiary alicyclic amines) is 1. The highest BCUT2D eigenvalue weighted by Gasteiger charge is 2.38. The quantitative estimate of drug-likeness (QED) is 0.0972. The van der Waals surface area contributed by atoms with Gasteiger partial charge in [0.25, 0.3) is 0 Å². The number of carbonyl (C=O) groups is 5. The molecule has 0 saturated carbocycles. The van der Waals surface area contributed by atoms with Gasteiger partial charge in [0.2, 0.25) is 23.6 Å². The van der Waals surface area contributed by atoms with E-state index in [1.54, 1.807) is 24.3 Å². The molecule has 0 spiro atoms. The Bertz CT molecular complexity index is 1270. The number of amides is 4. The van der Waals surface area contributed by atoms with Crippen LogP contribution < -0.4 is 27.4 Å². The molecule has 2 aromatic carbocycles. The molecule has 0 aliphatic carbocycles. The molecule has 1 heterocycles. The Balaban J connectivity index is 1.80. The fraction of sp³-hybridized carbons (Fsp3) is 0.452.